The van der Waals surface area contributed by atoms with Crippen molar-refractivity contribution in [2.75, 3.05) is 20.0 Å². The van der Waals surface area contributed by atoms with Crippen LogP contribution >= 0.6 is 0 Å². The fraction of sp³-hybridized carbons (Fsp3) is 0.200. The molecule has 0 saturated heterocycles. The first kappa shape index (κ1) is 9.51. The van der Waals surface area contributed by atoms with Crippen LogP contribution in [-0.2, 0) is 0 Å². The third kappa shape index (κ3) is 1.41. The number of nitrogens with zero attached hydrogens (tertiary/aromatic N) is 2. The van der Waals surface area contributed by atoms with E-state index in [1.165, 1.54) is 0 Å². The first-order chi connectivity index (χ1) is 7.27. The summed E-state index contributed by atoms with van der Waals surface area (Å²) < 4.78 is 10.4. The monoisotopic (exact) mass is 205 g/mol. The lowest BCUT2D eigenvalue weighted by Gasteiger charge is -2.10. The number of aromatic nitrogens is 2. The van der Waals surface area contributed by atoms with Crippen molar-refractivity contribution in [2.24, 2.45) is 0 Å². The van der Waals surface area contributed by atoms with Gasteiger partial charge in [0, 0.05) is 5.39 Å². The van der Waals surface area contributed by atoms with Gasteiger partial charge in [-0.25, -0.2) is 0 Å². The van der Waals surface area contributed by atoms with Crippen molar-refractivity contribution in [1.29, 1.82) is 0 Å². The Morgan fingerprint density at radius 2 is 2.00 bits per heavy atom. The molecule has 0 fully saturated rings. The van der Waals surface area contributed by atoms with Gasteiger partial charge in [-0.15, -0.1) is 5.10 Å². The average Bonchev–Trinajstić information content (AvgIpc) is 2.28. The first-order valence-electron chi connectivity index (χ1n) is 4.39. The van der Waals surface area contributed by atoms with Crippen molar-refractivity contribution in [3.05, 3.63) is 18.3 Å². The zero-order valence-electron chi connectivity index (χ0n) is 8.52. The molecule has 0 aliphatic heterocycles. The second-order valence-corrected chi connectivity index (χ2v) is 3.00. The molecule has 2 N–H and O–H groups in total. The van der Waals surface area contributed by atoms with Gasteiger partial charge in [0.2, 0.25) is 0 Å². The van der Waals surface area contributed by atoms with E-state index < -0.39 is 0 Å². The van der Waals surface area contributed by atoms with Crippen LogP contribution in [0.1, 0.15) is 0 Å². The topological polar surface area (TPSA) is 70.3 Å². The number of benzene rings is 1. The van der Waals surface area contributed by atoms with Crippen LogP contribution in [0.15, 0.2) is 18.3 Å². The lowest BCUT2D eigenvalue weighted by atomic mass is 10.1. The van der Waals surface area contributed by atoms with Crippen molar-refractivity contribution >= 4 is 16.6 Å². The number of hydrogen-bond donors (Lipinski definition) is 1. The summed E-state index contributed by atoms with van der Waals surface area (Å²) in [7, 11) is 3.14. The lowest BCUT2D eigenvalue weighted by Crippen LogP contribution is -1.98. The molecule has 1 aromatic heterocycles. The van der Waals surface area contributed by atoms with Crippen LogP contribution in [0.3, 0.4) is 0 Å². The Morgan fingerprint density at radius 3 is 2.67 bits per heavy atom. The summed E-state index contributed by atoms with van der Waals surface area (Å²) >= 11 is 0. The Labute approximate surface area is 86.8 Å². The van der Waals surface area contributed by atoms with E-state index in [0.29, 0.717) is 17.3 Å². The van der Waals surface area contributed by atoms with E-state index in [4.69, 9.17) is 15.2 Å². The molecule has 0 radical (unpaired) electrons. The highest BCUT2D eigenvalue weighted by Gasteiger charge is 2.12. The highest BCUT2D eigenvalue weighted by atomic mass is 16.5. The smallest absolute Gasteiger partial charge is 0.172 e. The number of hydrogen-bond acceptors (Lipinski definition) is 5. The van der Waals surface area contributed by atoms with E-state index >= 15 is 0 Å². The second kappa shape index (κ2) is 3.61. The van der Waals surface area contributed by atoms with E-state index in [1.54, 1.807) is 20.4 Å². The number of anilines is 1. The Balaban J connectivity index is 2.85. The molecule has 0 aliphatic rings. The quantitative estimate of drug-likeness (QED) is 0.798. The van der Waals surface area contributed by atoms with Gasteiger partial charge in [0.1, 0.15) is 0 Å². The zero-order valence-corrected chi connectivity index (χ0v) is 8.52. The molecule has 15 heavy (non-hydrogen) atoms. The maximum atomic E-state index is 5.75. The minimum atomic E-state index is 0.336. The second-order valence-electron chi connectivity index (χ2n) is 3.00. The molecule has 0 unspecified atom stereocenters. The van der Waals surface area contributed by atoms with Gasteiger partial charge in [0.15, 0.2) is 17.3 Å². The summed E-state index contributed by atoms with van der Waals surface area (Å²) in [6, 6.07) is 3.67. The van der Waals surface area contributed by atoms with Crippen molar-refractivity contribution in [3.8, 4) is 11.5 Å². The lowest BCUT2D eigenvalue weighted by molar-refractivity contribution is 0.358. The largest absolute Gasteiger partial charge is 0.493 e. The number of fused-ring (bicyclic) bond motifs is 1. The Hall–Kier alpha value is -2.04. The van der Waals surface area contributed by atoms with Gasteiger partial charge in [-0.1, -0.05) is 0 Å². The summed E-state index contributed by atoms with van der Waals surface area (Å²) in [5.74, 6) is 1.55. The normalized spacial score (nSPS) is 10.3. The number of rotatable bonds is 2. The summed E-state index contributed by atoms with van der Waals surface area (Å²) in [4.78, 5) is 0. The third-order valence-corrected chi connectivity index (χ3v) is 2.20. The summed E-state index contributed by atoms with van der Waals surface area (Å²) in [6.07, 6.45) is 1.63. The number of nitrogen functional groups attached to an aromatic ring is 1. The fourth-order valence-corrected chi connectivity index (χ4v) is 1.52. The minimum Gasteiger partial charge on any atom is -0.493 e. The number of nitrogens with two attached hydrogens (primary N) is 1. The third-order valence-electron chi connectivity index (χ3n) is 2.20. The van der Waals surface area contributed by atoms with Crippen molar-refractivity contribution in [2.45, 2.75) is 0 Å². The molecule has 78 valence electrons. The Morgan fingerprint density at radius 1 is 1.20 bits per heavy atom. The van der Waals surface area contributed by atoms with Gasteiger partial charge in [-0.2, -0.15) is 5.10 Å². The number of methoxy groups -OCH3 is 2. The predicted octanol–water partition coefficient (Wildman–Crippen LogP) is 1.23. The van der Waals surface area contributed by atoms with E-state index in [0.717, 1.165) is 10.8 Å². The molecule has 1 aromatic carbocycles. The molecule has 0 aliphatic carbocycles. The van der Waals surface area contributed by atoms with Gasteiger partial charge in [-0.3, -0.25) is 0 Å². The number of ether oxygens (including phenoxy) is 2. The molecule has 5 heteroatoms. The molecular formula is C10H11N3O2. The van der Waals surface area contributed by atoms with Crippen LogP contribution in [0, 0.1) is 0 Å². The van der Waals surface area contributed by atoms with Gasteiger partial charge < -0.3 is 15.2 Å². The molecule has 0 bridgehead atoms. The molecular weight excluding hydrogens is 194 g/mol. The predicted molar refractivity (Wildman–Crippen MR) is 57.1 cm³/mol. The maximum absolute atomic E-state index is 5.75. The van der Waals surface area contributed by atoms with Crippen LogP contribution in [0.5, 0.6) is 11.5 Å². The maximum Gasteiger partial charge on any atom is 0.172 e. The molecule has 0 saturated carbocycles. The zero-order chi connectivity index (χ0) is 10.8. The standard InChI is InChI=1S/C10H11N3O2/c1-14-7-4-3-6-5-12-13-10(11)8(6)9(7)15-2/h3-5H,1-2H3,(H2,11,13). The molecule has 0 spiro atoms. The average molecular weight is 205 g/mol. The van der Waals surface area contributed by atoms with Crippen LogP contribution < -0.4 is 15.2 Å². The van der Waals surface area contributed by atoms with E-state index in [-0.39, 0.29) is 0 Å². The molecule has 0 atom stereocenters. The molecule has 1 heterocycles. The molecule has 0 amide bonds. The Bertz CT molecular complexity index is 499. The van der Waals surface area contributed by atoms with Crippen LogP contribution in [0.2, 0.25) is 0 Å². The van der Waals surface area contributed by atoms with Crippen LogP contribution in [0.25, 0.3) is 10.8 Å². The van der Waals surface area contributed by atoms with Crippen molar-refractivity contribution in [3.63, 3.8) is 0 Å². The van der Waals surface area contributed by atoms with Crippen LogP contribution in [-0.4, -0.2) is 24.4 Å². The van der Waals surface area contributed by atoms with Gasteiger partial charge in [0.05, 0.1) is 25.8 Å². The van der Waals surface area contributed by atoms with E-state index in [2.05, 4.69) is 10.2 Å². The molecule has 5 nitrogen and oxygen atoms in total. The molecule has 2 rings (SSSR count). The SMILES string of the molecule is COc1ccc2cnnc(N)c2c1OC. The first-order valence-corrected chi connectivity index (χ1v) is 4.39. The Kier molecular flexibility index (Phi) is 2.29. The fourth-order valence-electron chi connectivity index (χ4n) is 1.52. The van der Waals surface area contributed by atoms with E-state index in [9.17, 15) is 0 Å². The van der Waals surface area contributed by atoms with Crippen LogP contribution in [0.4, 0.5) is 5.82 Å². The highest BCUT2D eigenvalue weighted by Crippen LogP contribution is 2.36. The summed E-state index contributed by atoms with van der Waals surface area (Å²) in [6.45, 7) is 0. The minimum absolute atomic E-state index is 0.336. The van der Waals surface area contributed by atoms with Gasteiger partial charge >= 0.3 is 0 Å². The van der Waals surface area contributed by atoms with Crippen molar-refractivity contribution < 1.29 is 9.47 Å². The van der Waals surface area contributed by atoms with Gasteiger partial charge in [-0.05, 0) is 12.1 Å². The highest BCUT2D eigenvalue weighted by molar-refractivity contribution is 5.97. The van der Waals surface area contributed by atoms with E-state index in [1.807, 2.05) is 12.1 Å². The summed E-state index contributed by atoms with van der Waals surface area (Å²) in [5.41, 5.74) is 5.75. The van der Waals surface area contributed by atoms with Gasteiger partial charge in [0.25, 0.3) is 0 Å². The summed E-state index contributed by atoms with van der Waals surface area (Å²) in [5, 5.41) is 9.16. The molecule has 2 aromatic rings. The van der Waals surface area contributed by atoms with Crippen molar-refractivity contribution in [1.82, 2.24) is 10.2 Å².